The molecule has 4 aromatic rings. The van der Waals surface area contributed by atoms with Gasteiger partial charge < -0.3 is 24.8 Å². The second-order valence-corrected chi connectivity index (χ2v) is 20.5. The third-order valence-electron chi connectivity index (χ3n) is 8.81. The molecular formula is C40H41Cl3Zr. The van der Waals surface area contributed by atoms with Crippen LogP contribution in [-0.2, 0) is 38.5 Å². The zero-order valence-electron chi connectivity index (χ0n) is 26.8. The van der Waals surface area contributed by atoms with E-state index in [1.165, 1.54) is 47.7 Å². The minimum absolute atomic E-state index is 0. The number of fused-ring (bicyclic) bond motifs is 3. The first-order valence-electron chi connectivity index (χ1n) is 15.1. The first-order chi connectivity index (χ1) is 19.9. The van der Waals surface area contributed by atoms with E-state index in [1.807, 2.05) is 6.07 Å². The van der Waals surface area contributed by atoms with Crippen molar-refractivity contribution in [3.8, 4) is 11.1 Å². The fourth-order valence-corrected chi connectivity index (χ4v) is 14.5. The molecule has 0 heterocycles. The van der Waals surface area contributed by atoms with Crippen molar-refractivity contribution in [1.29, 1.82) is 0 Å². The molecule has 0 radical (unpaired) electrons. The van der Waals surface area contributed by atoms with Crippen LogP contribution in [0.3, 0.4) is 0 Å². The number of halogens is 3. The summed E-state index contributed by atoms with van der Waals surface area (Å²) in [7, 11) is 0. The molecule has 4 aromatic carbocycles. The standard InChI is InChI=1S/C21H25.C14H11Cl.C5H5.2ClH.Zr/c1-20(2,3)16-9-7-14-11-15-8-10-17(21(4,5)6)13-19(15)18(14)12-16;1-11-5-7-12(8-6-11)9-13-3-2-4-14(15)10-13;1-2-4-5-3-1;;;/h7,9-10,12-13H,11H2,1-6H3;2-8,10H,1H3;1-3H,4H2;2*1H;/q;;;;;+2/p-2. The summed E-state index contributed by atoms with van der Waals surface area (Å²) in [6.45, 7) is 16.2. The number of rotatable bonds is 4. The second kappa shape index (κ2) is 13.4. The Morgan fingerprint density at radius 1 is 0.727 bits per heavy atom. The molecule has 0 bridgehead atoms. The van der Waals surface area contributed by atoms with Gasteiger partial charge in [0, 0.05) is 0 Å². The van der Waals surface area contributed by atoms with Gasteiger partial charge in [0.25, 0.3) is 0 Å². The Morgan fingerprint density at radius 3 is 2.02 bits per heavy atom. The maximum atomic E-state index is 6.68. The van der Waals surface area contributed by atoms with Crippen molar-refractivity contribution < 1.29 is 46.1 Å². The van der Waals surface area contributed by atoms with Gasteiger partial charge in [-0.3, -0.25) is 0 Å². The number of hydrogen-bond donors (Lipinski definition) is 0. The number of hydrogen-bond acceptors (Lipinski definition) is 0. The molecule has 0 aromatic heterocycles. The molecule has 0 N–H and O–H groups in total. The maximum Gasteiger partial charge on any atom is -1.00 e. The molecule has 6 rings (SSSR count). The van der Waals surface area contributed by atoms with Gasteiger partial charge in [0.05, 0.1) is 0 Å². The average Bonchev–Trinajstić information content (AvgIpc) is 3.59. The molecule has 0 atom stereocenters. The minimum Gasteiger partial charge on any atom is -1.00 e. The SMILES string of the molecule is Cc1ccc(/[C](c2cccc(Cl)c2)=[Zr+2](\[C]2=CC=CC2)[c]2cc(C(C)(C)C)cc3c2Cc2ccc(C(C)(C)C)cc2-3)cc1.[Cl-].[Cl-]. The Hall–Kier alpha value is -2.02. The molecule has 2 aliphatic rings. The van der Waals surface area contributed by atoms with Gasteiger partial charge in [0.2, 0.25) is 0 Å². The van der Waals surface area contributed by atoms with Gasteiger partial charge in [0.1, 0.15) is 0 Å². The molecule has 0 saturated carbocycles. The summed E-state index contributed by atoms with van der Waals surface area (Å²) >= 11 is 3.93. The van der Waals surface area contributed by atoms with Crippen LogP contribution in [0, 0.1) is 6.92 Å². The van der Waals surface area contributed by atoms with Crippen LogP contribution in [0.15, 0.2) is 100 Å². The topological polar surface area (TPSA) is 0 Å². The normalized spacial score (nSPS) is 13.8. The van der Waals surface area contributed by atoms with E-state index in [2.05, 4.69) is 139 Å². The van der Waals surface area contributed by atoms with E-state index in [4.69, 9.17) is 11.6 Å². The predicted molar refractivity (Wildman–Crippen MR) is 179 cm³/mol. The van der Waals surface area contributed by atoms with Crippen molar-refractivity contribution in [2.75, 3.05) is 0 Å². The summed E-state index contributed by atoms with van der Waals surface area (Å²) in [5.41, 5.74) is 12.8. The first kappa shape index (κ1) is 34.8. The Bertz CT molecular complexity index is 1790. The zero-order valence-corrected chi connectivity index (χ0v) is 31.5. The van der Waals surface area contributed by atoms with Gasteiger partial charge >= 0.3 is 267 Å². The fraction of sp³-hybridized carbons (Fsp3) is 0.275. The van der Waals surface area contributed by atoms with Crippen molar-refractivity contribution in [2.24, 2.45) is 0 Å². The first-order valence-corrected chi connectivity index (χ1v) is 19.2. The largest absolute Gasteiger partial charge is 1.00 e. The molecule has 0 unspecified atom stereocenters. The second-order valence-electron chi connectivity index (χ2n) is 14.0. The maximum absolute atomic E-state index is 6.68. The number of benzene rings is 4. The summed E-state index contributed by atoms with van der Waals surface area (Å²) in [4.78, 5) is 0. The van der Waals surface area contributed by atoms with Gasteiger partial charge in [-0.2, -0.15) is 0 Å². The van der Waals surface area contributed by atoms with Crippen LogP contribution in [0.25, 0.3) is 11.1 Å². The fourth-order valence-electron chi connectivity index (χ4n) is 6.32. The molecule has 0 spiro atoms. The third-order valence-corrected chi connectivity index (χ3v) is 16.6. The van der Waals surface area contributed by atoms with E-state index in [0.29, 0.717) is 0 Å². The van der Waals surface area contributed by atoms with Crippen molar-refractivity contribution in [2.45, 2.75) is 72.1 Å². The monoisotopic (exact) mass is 716 g/mol. The van der Waals surface area contributed by atoms with Crippen molar-refractivity contribution in [1.82, 2.24) is 0 Å². The summed E-state index contributed by atoms with van der Waals surface area (Å²) in [6, 6.07) is 30.2. The Kier molecular flexibility index (Phi) is 10.6. The Labute approximate surface area is 289 Å². The summed E-state index contributed by atoms with van der Waals surface area (Å²) in [5.74, 6) is 0. The van der Waals surface area contributed by atoms with E-state index < -0.39 is 21.3 Å². The van der Waals surface area contributed by atoms with Gasteiger partial charge in [0.15, 0.2) is 0 Å². The summed E-state index contributed by atoms with van der Waals surface area (Å²) < 4.78 is 4.78. The number of allylic oxidation sites excluding steroid dienone is 4. The molecule has 0 fully saturated rings. The molecule has 0 amide bonds. The Balaban J connectivity index is 0.00000221. The average molecular weight is 719 g/mol. The van der Waals surface area contributed by atoms with Gasteiger partial charge in [-0.1, -0.05) is 0 Å². The van der Waals surface area contributed by atoms with E-state index in [1.54, 1.807) is 12.1 Å². The summed E-state index contributed by atoms with van der Waals surface area (Å²) in [5, 5.41) is 0.800. The van der Waals surface area contributed by atoms with Crippen LogP contribution in [0.5, 0.6) is 0 Å². The number of aryl methyl sites for hydroxylation is 1. The van der Waals surface area contributed by atoms with Crippen LogP contribution in [0.4, 0.5) is 0 Å². The van der Waals surface area contributed by atoms with Gasteiger partial charge in [-0.15, -0.1) is 0 Å². The van der Waals surface area contributed by atoms with E-state index in [0.717, 1.165) is 17.9 Å². The van der Waals surface area contributed by atoms with E-state index in [-0.39, 0.29) is 35.6 Å². The van der Waals surface area contributed by atoms with E-state index in [9.17, 15) is 0 Å². The van der Waals surface area contributed by atoms with Crippen LogP contribution in [0.1, 0.15) is 86.9 Å². The zero-order chi connectivity index (χ0) is 29.8. The van der Waals surface area contributed by atoms with Crippen LogP contribution < -0.4 is 28.1 Å². The Morgan fingerprint density at radius 2 is 1.41 bits per heavy atom. The predicted octanol–water partition coefficient (Wildman–Crippen LogP) is 4.18. The van der Waals surface area contributed by atoms with Crippen molar-refractivity contribution >= 4 is 18.1 Å². The van der Waals surface area contributed by atoms with Gasteiger partial charge in [-0.25, -0.2) is 0 Å². The van der Waals surface area contributed by atoms with E-state index >= 15 is 0 Å². The molecule has 0 aliphatic heterocycles. The molecule has 0 nitrogen and oxygen atoms in total. The van der Waals surface area contributed by atoms with Crippen molar-refractivity contribution in [3.05, 3.63) is 144 Å². The third kappa shape index (κ3) is 6.88. The molecule has 4 heteroatoms. The van der Waals surface area contributed by atoms with Gasteiger partial charge in [-0.05, 0) is 0 Å². The molecule has 2 aliphatic carbocycles. The minimum atomic E-state index is -2.75. The van der Waals surface area contributed by atoms with Crippen LogP contribution >= 0.6 is 11.6 Å². The quantitative estimate of drug-likeness (QED) is 0.262. The molecule has 44 heavy (non-hydrogen) atoms. The summed E-state index contributed by atoms with van der Waals surface area (Å²) in [6.07, 6.45) is 9.11. The van der Waals surface area contributed by atoms with Crippen LogP contribution in [-0.4, -0.2) is 3.21 Å². The van der Waals surface area contributed by atoms with Crippen LogP contribution in [0.2, 0.25) is 5.02 Å². The molecule has 0 saturated heterocycles. The smallest absolute Gasteiger partial charge is 1.00 e. The molecular weight excluding hydrogens is 678 g/mol. The van der Waals surface area contributed by atoms with Crippen molar-refractivity contribution in [3.63, 3.8) is 0 Å². The molecule has 226 valence electrons.